The smallest absolute Gasteiger partial charge is 0.261 e. The maximum absolute atomic E-state index is 11.8. The molecule has 19 heavy (non-hydrogen) atoms. The zero-order valence-electron chi connectivity index (χ0n) is 10.6. The topological polar surface area (TPSA) is 64.0 Å². The second-order valence-corrected chi connectivity index (χ2v) is 5.18. The molecule has 0 unspecified atom stereocenters. The first-order chi connectivity index (χ1) is 9.16. The summed E-state index contributed by atoms with van der Waals surface area (Å²) >= 11 is 1.23. The van der Waals surface area contributed by atoms with E-state index >= 15 is 0 Å². The largest absolute Gasteiger partial charge is 0.351 e. The molecule has 5 nitrogen and oxygen atoms in total. The third kappa shape index (κ3) is 3.75. The van der Waals surface area contributed by atoms with Crippen LogP contribution in [-0.2, 0) is 6.54 Å². The quantitative estimate of drug-likeness (QED) is 0.648. The monoisotopic (exact) mass is 277 g/mol. The fourth-order valence-corrected chi connectivity index (χ4v) is 2.43. The number of carbonyl (C=O) groups excluding carboxylic acids is 2. The third-order valence-electron chi connectivity index (χ3n) is 2.59. The summed E-state index contributed by atoms with van der Waals surface area (Å²) in [6, 6.07) is 5.24. The number of Topliss-reactive ketones (excluding diaryl/α,β-unsaturated/α-hetero) is 1. The zero-order valence-corrected chi connectivity index (χ0v) is 11.4. The second kappa shape index (κ2) is 6.29. The molecule has 0 atom stereocenters. The summed E-state index contributed by atoms with van der Waals surface area (Å²) in [4.78, 5) is 24.1. The van der Waals surface area contributed by atoms with Crippen molar-refractivity contribution in [3.8, 4) is 0 Å². The minimum absolute atomic E-state index is 0.0114. The van der Waals surface area contributed by atoms with Crippen LogP contribution in [0.1, 0.15) is 32.7 Å². The van der Waals surface area contributed by atoms with Crippen LogP contribution >= 0.6 is 11.3 Å². The van der Waals surface area contributed by atoms with Crippen LogP contribution in [0.3, 0.4) is 0 Å². The van der Waals surface area contributed by atoms with Gasteiger partial charge in [0.05, 0.1) is 9.75 Å². The van der Waals surface area contributed by atoms with Crippen molar-refractivity contribution in [1.82, 2.24) is 15.1 Å². The standard InChI is InChI=1S/C13H15N3O2S/c1-10(17)11-4-5-12(19-11)13(18)14-6-2-8-16-9-3-7-15-16/h3-5,7,9H,2,6,8H2,1H3,(H,14,18). The number of aryl methyl sites for hydroxylation is 1. The Morgan fingerprint density at radius 3 is 2.79 bits per heavy atom. The fraction of sp³-hybridized carbons (Fsp3) is 0.308. The van der Waals surface area contributed by atoms with Crippen molar-refractivity contribution in [2.75, 3.05) is 6.54 Å². The average molecular weight is 277 g/mol. The van der Waals surface area contributed by atoms with Crippen LogP contribution in [0.4, 0.5) is 0 Å². The van der Waals surface area contributed by atoms with Crippen LogP contribution in [0.5, 0.6) is 0 Å². The Hall–Kier alpha value is -1.95. The average Bonchev–Trinajstić information content (AvgIpc) is 3.05. The Kier molecular flexibility index (Phi) is 4.46. The highest BCUT2D eigenvalue weighted by atomic mass is 32.1. The summed E-state index contributed by atoms with van der Waals surface area (Å²) in [6.45, 7) is 2.86. The summed E-state index contributed by atoms with van der Waals surface area (Å²) in [5.74, 6) is -0.138. The predicted molar refractivity (Wildman–Crippen MR) is 73.5 cm³/mol. The maximum atomic E-state index is 11.8. The van der Waals surface area contributed by atoms with Gasteiger partial charge in [0.15, 0.2) is 5.78 Å². The third-order valence-corrected chi connectivity index (χ3v) is 3.77. The van der Waals surface area contributed by atoms with E-state index in [0.717, 1.165) is 13.0 Å². The molecule has 0 aromatic carbocycles. The second-order valence-electron chi connectivity index (χ2n) is 4.10. The van der Waals surface area contributed by atoms with E-state index in [9.17, 15) is 9.59 Å². The van der Waals surface area contributed by atoms with Gasteiger partial charge < -0.3 is 5.32 Å². The summed E-state index contributed by atoms with van der Waals surface area (Å²) in [5, 5.41) is 6.92. The van der Waals surface area contributed by atoms with Crippen LogP contribution in [0.15, 0.2) is 30.6 Å². The molecule has 0 saturated heterocycles. The maximum Gasteiger partial charge on any atom is 0.261 e. The lowest BCUT2D eigenvalue weighted by Gasteiger charge is -2.03. The van der Waals surface area contributed by atoms with E-state index in [1.807, 2.05) is 16.9 Å². The van der Waals surface area contributed by atoms with Gasteiger partial charge >= 0.3 is 0 Å². The molecule has 1 N–H and O–H groups in total. The molecule has 6 heteroatoms. The molecule has 0 aliphatic carbocycles. The zero-order chi connectivity index (χ0) is 13.7. The molecule has 100 valence electrons. The minimum atomic E-state index is -0.127. The van der Waals surface area contributed by atoms with Gasteiger partial charge in [-0.3, -0.25) is 14.3 Å². The van der Waals surface area contributed by atoms with Crippen LogP contribution in [0, 0.1) is 0 Å². The first-order valence-corrected chi connectivity index (χ1v) is 6.85. The highest BCUT2D eigenvalue weighted by Gasteiger charge is 2.10. The predicted octanol–water partition coefficient (Wildman–Crippen LogP) is 1.97. The number of carbonyl (C=O) groups is 2. The van der Waals surface area contributed by atoms with Crippen LogP contribution in [0.25, 0.3) is 0 Å². The molecule has 0 fully saturated rings. The van der Waals surface area contributed by atoms with Gasteiger partial charge in [-0.1, -0.05) is 0 Å². The number of thiophene rings is 1. The van der Waals surface area contributed by atoms with Gasteiger partial charge in [0.1, 0.15) is 0 Å². The van der Waals surface area contributed by atoms with Crippen molar-refractivity contribution in [3.63, 3.8) is 0 Å². The fourth-order valence-electron chi connectivity index (χ4n) is 1.61. The molecule has 1 amide bonds. The van der Waals surface area contributed by atoms with Gasteiger partial charge in [0, 0.05) is 25.5 Å². The van der Waals surface area contributed by atoms with E-state index in [4.69, 9.17) is 0 Å². The van der Waals surface area contributed by atoms with Gasteiger partial charge in [-0.2, -0.15) is 5.10 Å². The van der Waals surface area contributed by atoms with Crippen molar-refractivity contribution in [1.29, 1.82) is 0 Å². The van der Waals surface area contributed by atoms with Crippen molar-refractivity contribution < 1.29 is 9.59 Å². The van der Waals surface area contributed by atoms with Gasteiger partial charge in [0.25, 0.3) is 5.91 Å². The molecule has 0 saturated carbocycles. The number of nitrogens with one attached hydrogen (secondary N) is 1. The van der Waals surface area contributed by atoms with Crippen LogP contribution < -0.4 is 5.32 Å². The molecular formula is C13H15N3O2S. The molecule has 2 aromatic rings. The van der Waals surface area contributed by atoms with E-state index in [1.54, 1.807) is 18.3 Å². The Balaban J connectivity index is 1.76. The Morgan fingerprint density at radius 1 is 1.37 bits per heavy atom. The lowest BCUT2D eigenvalue weighted by atomic mass is 10.3. The van der Waals surface area contributed by atoms with E-state index in [2.05, 4.69) is 10.4 Å². The highest BCUT2D eigenvalue weighted by Crippen LogP contribution is 2.16. The van der Waals surface area contributed by atoms with Crippen molar-refractivity contribution in [2.24, 2.45) is 0 Å². The Bertz CT molecular complexity index is 560. The van der Waals surface area contributed by atoms with E-state index in [0.29, 0.717) is 16.3 Å². The molecule has 0 spiro atoms. The van der Waals surface area contributed by atoms with Crippen LogP contribution in [-0.4, -0.2) is 28.0 Å². The SMILES string of the molecule is CC(=O)c1ccc(C(=O)NCCCn2cccn2)s1. The van der Waals surface area contributed by atoms with Crippen molar-refractivity contribution in [2.45, 2.75) is 19.9 Å². The number of amides is 1. The highest BCUT2D eigenvalue weighted by molar-refractivity contribution is 7.15. The number of aromatic nitrogens is 2. The van der Waals surface area contributed by atoms with Gasteiger partial charge in [0.2, 0.25) is 0 Å². The van der Waals surface area contributed by atoms with Gasteiger partial charge in [-0.05, 0) is 31.5 Å². The van der Waals surface area contributed by atoms with Crippen molar-refractivity contribution in [3.05, 3.63) is 40.3 Å². The molecule has 2 aromatic heterocycles. The molecule has 0 aliphatic heterocycles. The van der Waals surface area contributed by atoms with Crippen molar-refractivity contribution >= 4 is 23.0 Å². The molecule has 0 bridgehead atoms. The molecule has 2 heterocycles. The number of rotatable bonds is 6. The Labute approximate surface area is 115 Å². The van der Waals surface area contributed by atoms with Gasteiger partial charge in [-0.25, -0.2) is 0 Å². The van der Waals surface area contributed by atoms with Gasteiger partial charge in [-0.15, -0.1) is 11.3 Å². The summed E-state index contributed by atoms with van der Waals surface area (Å²) in [5.41, 5.74) is 0. The molecule has 2 rings (SSSR count). The first kappa shape index (κ1) is 13.5. The Morgan fingerprint density at radius 2 is 2.16 bits per heavy atom. The normalized spacial score (nSPS) is 10.4. The first-order valence-electron chi connectivity index (χ1n) is 6.03. The minimum Gasteiger partial charge on any atom is -0.351 e. The lowest BCUT2D eigenvalue weighted by molar-refractivity contribution is 0.0956. The van der Waals surface area contributed by atoms with E-state index in [1.165, 1.54) is 18.3 Å². The number of hydrogen-bond acceptors (Lipinski definition) is 4. The summed E-state index contributed by atoms with van der Waals surface area (Å²) in [7, 11) is 0. The summed E-state index contributed by atoms with van der Waals surface area (Å²) in [6.07, 6.45) is 4.44. The number of nitrogens with zero attached hydrogens (tertiary/aromatic N) is 2. The number of ketones is 1. The van der Waals surface area contributed by atoms with E-state index < -0.39 is 0 Å². The van der Waals surface area contributed by atoms with E-state index in [-0.39, 0.29) is 11.7 Å². The molecular weight excluding hydrogens is 262 g/mol. The number of hydrogen-bond donors (Lipinski definition) is 1. The van der Waals surface area contributed by atoms with Crippen LogP contribution in [0.2, 0.25) is 0 Å². The lowest BCUT2D eigenvalue weighted by Crippen LogP contribution is -2.24. The summed E-state index contributed by atoms with van der Waals surface area (Å²) < 4.78 is 1.82. The molecule has 0 radical (unpaired) electrons. The molecule has 0 aliphatic rings.